The average molecular weight is 221 g/mol. The number of H-pyrrole nitrogens is 1. The Kier molecular flexibility index (Phi) is 2.64. The van der Waals surface area contributed by atoms with Gasteiger partial charge in [0.2, 0.25) is 0 Å². The van der Waals surface area contributed by atoms with Crippen LogP contribution >= 0.6 is 0 Å². The van der Waals surface area contributed by atoms with Gasteiger partial charge in [-0.2, -0.15) is 13.9 Å². The van der Waals surface area contributed by atoms with Crippen molar-refractivity contribution in [3.05, 3.63) is 22.0 Å². The highest BCUT2D eigenvalue weighted by Gasteiger charge is 2.42. The smallest absolute Gasteiger partial charge is 0.316 e. The first-order chi connectivity index (χ1) is 6.84. The van der Waals surface area contributed by atoms with Gasteiger partial charge in [0.15, 0.2) is 5.69 Å². The SMILES string of the molecule is O=C(O)CC(F)(F)c1[nH]ncc1[N+](=O)[O-]. The summed E-state index contributed by atoms with van der Waals surface area (Å²) in [5.74, 6) is -5.60. The van der Waals surface area contributed by atoms with Crippen LogP contribution in [0.15, 0.2) is 6.20 Å². The van der Waals surface area contributed by atoms with E-state index in [9.17, 15) is 23.7 Å². The van der Waals surface area contributed by atoms with E-state index in [1.54, 1.807) is 5.10 Å². The van der Waals surface area contributed by atoms with Gasteiger partial charge in [-0.1, -0.05) is 0 Å². The van der Waals surface area contributed by atoms with E-state index < -0.39 is 34.6 Å². The summed E-state index contributed by atoms with van der Waals surface area (Å²) in [6.45, 7) is 0. The molecular weight excluding hydrogens is 216 g/mol. The third-order valence-corrected chi connectivity index (χ3v) is 1.56. The Labute approximate surface area is 80.9 Å². The molecule has 15 heavy (non-hydrogen) atoms. The van der Waals surface area contributed by atoms with Gasteiger partial charge in [0, 0.05) is 0 Å². The van der Waals surface area contributed by atoms with Crippen LogP contribution in [0.2, 0.25) is 0 Å². The minimum atomic E-state index is -3.84. The maximum absolute atomic E-state index is 13.1. The van der Waals surface area contributed by atoms with Gasteiger partial charge < -0.3 is 5.11 Å². The van der Waals surface area contributed by atoms with Gasteiger partial charge in [-0.3, -0.25) is 20.0 Å². The zero-order valence-corrected chi connectivity index (χ0v) is 7.11. The Morgan fingerprint density at radius 1 is 1.73 bits per heavy atom. The standard InChI is InChI=1S/C6H5F2N3O4/c7-6(8,1-4(12)13)5-3(11(14)15)2-9-10-5/h2H,1H2,(H,9,10)(H,12,13). The summed E-state index contributed by atoms with van der Waals surface area (Å²) in [5, 5.41) is 23.3. The van der Waals surface area contributed by atoms with E-state index in [1.165, 1.54) is 0 Å². The monoisotopic (exact) mass is 221 g/mol. The molecule has 0 aliphatic carbocycles. The number of carboxylic acid groups (broad SMARTS) is 1. The zero-order valence-electron chi connectivity index (χ0n) is 7.11. The first kappa shape index (κ1) is 11.0. The lowest BCUT2D eigenvalue weighted by Gasteiger charge is -2.10. The molecule has 0 bridgehead atoms. The first-order valence-corrected chi connectivity index (χ1v) is 3.62. The van der Waals surface area contributed by atoms with E-state index in [2.05, 4.69) is 5.10 Å². The van der Waals surface area contributed by atoms with E-state index in [0.29, 0.717) is 6.20 Å². The van der Waals surface area contributed by atoms with Crippen LogP contribution in [0.1, 0.15) is 12.1 Å². The lowest BCUT2D eigenvalue weighted by Crippen LogP contribution is -2.20. The van der Waals surface area contributed by atoms with Crippen molar-refractivity contribution in [1.82, 2.24) is 10.2 Å². The normalized spacial score (nSPS) is 11.3. The summed E-state index contributed by atoms with van der Waals surface area (Å²) in [5.41, 5.74) is -2.03. The lowest BCUT2D eigenvalue weighted by molar-refractivity contribution is -0.387. The van der Waals surface area contributed by atoms with Crippen molar-refractivity contribution in [3.8, 4) is 0 Å². The third kappa shape index (κ3) is 2.24. The molecule has 0 amide bonds. The molecule has 0 spiro atoms. The summed E-state index contributed by atoms with van der Waals surface area (Å²) < 4.78 is 26.2. The van der Waals surface area contributed by atoms with E-state index in [1.807, 2.05) is 0 Å². The van der Waals surface area contributed by atoms with Gasteiger partial charge in [0.25, 0.3) is 0 Å². The third-order valence-electron chi connectivity index (χ3n) is 1.56. The topological polar surface area (TPSA) is 109 Å². The molecule has 0 fully saturated rings. The predicted molar refractivity (Wildman–Crippen MR) is 41.4 cm³/mol. The van der Waals surface area contributed by atoms with Crippen LogP contribution in [0.3, 0.4) is 0 Å². The summed E-state index contributed by atoms with van der Waals surface area (Å²) in [6, 6.07) is 0. The molecule has 82 valence electrons. The number of hydrogen-bond donors (Lipinski definition) is 2. The van der Waals surface area contributed by atoms with E-state index >= 15 is 0 Å². The molecule has 0 aromatic carbocycles. The van der Waals surface area contributed by atoms with Crippen molar-refractivity contribution < 1.29 is 23.6 Å². The fraction of sp³-hybridized carbons (Fsp3) is 0.333. The van der Waals surface area contributed by atoms with Gasteiger partial charge in [-0.05, 0) is 0 Å². The molecule has 1 aromatic heterocycles. The molecule has 0 aliphatic heterocycles. The van der Waals surface area contributed by atoms with Crippen molar-refractivity contribution in [2.45, 2.75) is 12.3 Å². The molecule has 0 atom stereocenters. The van der Waals surface area contributed by atoms with Crippen LogP contribution in [0.25, 0.3) is 0 Å². The number of aromatic amines is 1. The molecule has 1 heterocycles. The molecule has 0 saturated heterocycles. The van der Waals surface area contributed by atoms with Crippen molar-refractivity contribution in [2.75, 3.05) is 0 Å². The molecule has 7 nitrogen and oxygen atoms in total. The van der Waals surface area contributed by atoms with Crippen molar-refractivity contribution >= 4 is 11.7 Å². The Bertz CT molecular complexity index is 403. The predicted octanol–water partition coefficient (Wildman–Crippen LogP) is 0.884. The molecule has 1 aromatic rings. The second kappa shape index (κ2) is 3.59. The Morgan fingerprint density at radius 3 is 2.80 bits per heavy atom. The number of nitrogens with zero attached hydrogens (tertiary/aromatic N) is 2. The van der Waals surface area contributed by atoms with E-state index in [-0.39, 0.29) is 0 Å². The highest BCUT2D eigenvalue weighted by Crippen LogP contribution is 2.35. The van der Waals surface area contributed by atoms with Crippen molar-refractivity contribution in [2.24, 2.45) is 0 Å². The lowest BCUT2D eigenvalue weighted by atomic mass is 10.1. The fourth-order valence-electron chi connectivity index (χ4n) is 0.966. The highest BCUT2D eigenvalue weighted by atomic mass is 19.3. The minimum Gasteiger partial charge on any atom is -0.481 e. The molecule has 0 saturated carbocycles. The van der Waals surface area contributed by atoms with Gasteiger partial charge in [0.1, 0.15) is 12.6 Å². The molecular formula is C6H5F2N3O4. The average Bonchev–Trinajstić information content (AvgIpc) is 2.48. The van der Waals surface area contributed by atoms with Crippen LogP contribution in [0.5, 0.6) is 0 Å². The number of nitrogens with one attached hydrogen (secondary N) is 1. The summed E-state index contributed by atoms with van der Waals surface area (Å²) in [4.78, 5) is 19.3. The van der Waals surface area contributed by atoms with Crippen molar-refractivity contribution in [1.29, 1.82) is 0 Å². The van der Waals surface area contributed by atoms with Gasteiger partial charge >= 0.3 is 17.6 Å². The van der Waals surface area contributed by atoms with Crippen LogP contribution in [0, 0.1) is 10.1 Å². The molecule has 2 N–H and O–H groups in total. The summed E-state index contributed by atoms with van der Waals surface area (Å²) in [6.07, 6.45) is -0.929. The van der Waals surface area contributed by atoms with E-state index in [0.717, 1.165) is 0 Å². The second-order valence-corrected chi connectivity index (χ2v) is 2.66. The first-order valence-electron chi connectivity index (χ1n) is 3.62. The Hall–Kier alpha value is -2.06. The number of alkyl halides is 2. The van der Waals surface area contributed by atoms with Crippen LogP contribution in [-0.2, 0) is 10.7 Å². The Balaban J connectivity index is 3.09. The van der Waals surface area contributed by atoms with Crippen LogP contribution in [-0.4, -0.2) is 26.2 Å². The van der Waals surface area contributed by atoms with Gasteiger partial charge in [0.05, 0.1) is 4.92 Å². The maximum atomic E-state index is 13.1. The minimum absolute atomic E-state index is 0.602. The number of aromatic nitrogens is 2. The molecule has 0 radical (unpaired) electrons. The zero-order chi connectivity index (χ0) is 11.6. The van der Waals surface area contributed by atoms with Crippen LogP contribution < -0.4 is 0 Å². The molecule has 0 unspecified atom stereocenters. The number of halogens is 2. The number of rotatable bonds is 4. The molecule has 1 rings (SSSR count). The number of nitro groups is 1. The number of hydrogen-bond acceptors (Lipinski definition) is 4. The van der Waals surface area contributed by atoms with Gasteiger partial charge in [-0.25, -0.2) is 0 Å². The molecule has 9 heteroatoms. The van der Waals surface area contributed by atoms with E-state index in [4.69, 9.17) is 5.11 Å². The highest BCUT2D eigenvalue weighted by molar-refractivity contribution is 5.68. The maximum Gasteiger partial charge on any atom is 0.316 e. The summed E-state index contributed by atoms with van der Waals surface area (Å²) in [7, 11) is 0. The van der Waals surface area contributed by atoms with Crippen LogP contribution in [0.4, 0.5) is 14.5 Å². The number of carbonyl (C=O) groups is 1. The summed E-state index contributed by atoms with van der Waals surface area (Å²) >= 11 is 0. The Morgan fingerprint density at radius 2 is 2.33 bits per heavy atom. The fourth-order valence-corrected chi connectivity index (χ4v) is 0.966. The number of carboxylic acids is 1. The second-order valence-electron chi connectivity index (χ2n) is 2.66. The number of aliphatic carboxylic acids is 1. The van der Waals surface area contributed by atoms with Crippen molar-refractivity contribution in [3.63, 3.8) is 0 Å². The molecule has 0 aliphatic rings. The largest absolute Gasteiger partial charge is 0.481 e. The van der Waals surface area contributed by atoms with Gasteiger partial charge in [-0.15, -0.1) is 0 Å². The quantitative estimate of drug-likeness (QED) is 0.579.